The van der Waals surface area contributed by atoms with E-state index in [1.165, 1.54) is 16.9 Å². The molecule has 0 fully saturated rings. The van der Waals surface area contributed by atoms with Gasteiger partial charge in [0.2, 0.25) is 0 Å². The number of aromatic nitrogens is 1. The van der Waals surface area contributed by atoms with Gasteiger partial charge in [0.15, 0.2) is 16.3 Å². The lowest BCUT2D eigenvalue weighted by Crippen LogP contribution is -2.39. The summed E-state index contributed by atoms with van der Waals surface area (Å²) in [6.07, 6.45) is 3.52. The summed E-state index contributed by atoms with van der Waals surface area (Å²) >= 11 is 1.37. The van der Waals surface area contributed by atoms with Crippen molar-refractivity contribution in [2.24, 2.45) is 4.99 Å². The summed E-state index contributed by atoms with van der Waals surface area (Å²) < 4.78 is 24.8. The van der Waals surface area contributed by atoms with Crippen molar-refractivity contribution in [2.45, 2.75) is 18.9 Å². The van der Waals surface area contributed by atoms with Gasteiger partial charge in [0, 0.05) is 22.8 Å². The molecule has 0 saturated carbocycles. The van der Waals surface area contributed by atoms with Crippen LogP contribution in [0.4, 0.5) is 0 Å². The predicted octanol–water partition coefficient (Wildman–Crippen LogP) is 4.35. The van der Waals surface area contributed by atoms with Crippen LogP contribution in [-0.4, -0.2) is 33.0 Å². The third-order valence-corrected chi connectivity index (χ3v) is 8.31. The average molecular weight is 541 g/mol. The Hall–Kier alpha value is -4.30. The van der Waals surface area contributed by atoms with Crippen LogP contribution < -0.4 is 33.8 Å². The highest BCUT2D eigenvalue weighted by atomic mass is 32.1. The Labute approximate surface area is 229 Å². The van der Waals surface area contributed by atoms with Crippen LogP contribution in [0.3, 0.4) is 0 Å². The standard InChI is InChI=1S/C31H28N2O5S/c1-35-20-14-12-19(25(17-20)37-3)16-26-30(34)33-28(23-10-7-11-24(36-2)29(23)38-4)22-15-13-18-8-5-6-9-21(18)27(22)32-31(33)39-26/h5-12,14,16-17,28H,13,15H2,1-4H3. The molecule has 0 radical (unpaired) electrons. The van der Waals surface area contributed by atoms with Gasteiger partial charge in [-0.05, 0) is 48.3 Å². The van der Waals surface area contributed by atoms with Gasteiger partial charge in [-0.1, -0.05) is 47.7 Å². The molecule has 1 aliphatic heterocycles. The maximum Gasteiger partial charge on any atom is 0.271 e. The molecular weight excluding hydrogens is 512 g/mol. The van der Waals surface area contributed by atoms with Crippen LogP contribution in [0.1, 0.15) is 34.7 Å². The first-order valence-electron chi connectivity index (χ1n) is 12.6. The van der Waals surface area contributed by atoms with Gasteiger partial charge in [-0.3, -0.25) is 9.36 Å². The molecule has 0 saturated heterocycles. The molecule has 2 heterocycles. The van der Waals surface area contributed by atoms with Gasteiger partial charge in [0.05, 0.1) is 44.7 Å². The van der Waals surface area contributed by atoms with Crippen molar-refractivity contribution >= 4 is 23.1 Å². The maximum absolute atomic E-state index is 14.1. The first-order valence-corrected chi connectivity index (χ1v) is 13.5. The van der Waals surface area contributed by atoms with Crippen molar-refractivity contribution in [3.05, 3.63) is 108 Å². The Kier molecular flexibility index (Phi) is 6.48. The van der Waals surface area contributed by atoms with Gasteiger partial charge in [-0.25, -0.2) is 4.99 Å². The Balaban J connectivity index is 1.64. The predicted molar refractivity (Wildman–Crippen MR) is 152 cm³/mol. The molecule has 6 rings (SSSR count). The number of fused-ring (bicyclic) bond motifs is 3. The second-order valence-corrected chi connectivity index (χ2v) is 10.3. The van der Waals surface area contributed by atoms with Crippen LogP contribution in [0.2, 0.25) is 0 Å². The number of hydrogen-bond acceptors (Lipinski definition) is 7. The molecule has 39 heavy (non-hydrogen) atoms. The first kappa shape index (κ1) is 25.0. The normalized spacial score (nSPS) is 16.1. The van der Waals surface area contributed by atoms with Gasteiger partial charge >= 0.3 is 0 Å². The van der Waals surface area contributed by atoms with Crippen LogP contribution in [0.5, 0.6) is 23.0 Å². The fraction of sp³-hybridized carbons (Fsp3) is 0.226. The zero-order chi connectivity index (χ0) is 27.1. The zero-order valence-electron chi connectivity index (χ0n) is 22.2. The smallest absolute Gasteiger partial charge is 0.271 e. The number of nitrogens with zero attached hydrogens (tertiary/aromatic N) is 2. The quantitative estimate of drug-likeness (QED) is 0.364. The number of thiazole rings is 1. The van der Waals surface area contributed by atoms with Gasteiger partial charge < -0.3 is 18.9 Å². The maximum atomic E-state index is 14.1. The summed E-state index contributed by atoms with van der Waals surface area (Å²) in [7, 11) is 6.47. The molecule has 2 aliphatic rings. The molecule has 4 aromatic rings. The summed E-state index contributed by atoms with van der Waals surface area (Å²) in [4.78, 5) is 19.9. The highest BCUT2D eigenvalue weighted by Crippen LogP contribution is 2.45. The number of ether oxygens (including phenoxy) is 4. The summed E-state index contributed by atoms with van der Waals surface area (Å²) in [6, 6.07) is 19.3. The molecule has 0 amide bonds. The molecular formula is C31H28N2O5S. The summed E-state index contributed by atoms with van der Waals surface area (Å²) in [5.41, 5.74) is 5.94. The van der Waals surface area contributed by atoms with E-state index in [1.54, 1.807) is 33.0 Å². The molecule has 0 spiro atoms. The molecule has 198 valence electrons. The summed E-state index contributed by atoms with van der Waals surface area (Å²) in [6.45, 7) is 0. The fourth-order valence-electron chi connectivity index (χ4n) is 5.51. The molecule has 1 unspecified atom stereocenters. The van der Waals surface area contributed by atoms with Crippen LogP contribution in [0.15, 0.2) is 76.0 Å². The monoisotopic (exact) mass is 540 g/mol. The number of aryl methyl sites for hydroxylation is 1. The lowest BCUT2D eigenvalue weighted by Gasteiger charge is -2.31. The molecule has 1 atom stereocenters. The summed E-state index contributed by atoms with van der Waals surface area (Å²) in [5.74, 6) is 2.54. The van der Waals surface area contributed by atoms with Crippen LogP contribution >= 0.6 is 11.3 Å². The third kappa shape index (κ3) is 4.12. The minimum absolute atomic E-state index is 0.114. The van der Waals surface area contributed by atoms with E-state index >= 15 is 0 Å². The van der Waals surface area contributed by atoms with E-state index in [0.29, 0.717) is 32.3 Å². The number of rotatable bonds is 6. The Bertz CT molecular complexity index is 1800. The minimum Gasteiger partial charge on any atom is -0.497 e. The number of allylic oxidation sites excluding steroid dienone is 1. The topological polar surface area (TPSA) is 71.3 Å². The van der Waals surface area contributed by atoms with E-state index in [0.717, 1.165) is 40.8 Å². The molecule has 8 heteroatoms. The van der Waals surface area contributed by atoms with Crippen molar-refractivity contribution in [3.63, 3.8) is 0 Å². The van der Waals surface area contributed by atoms with Gasteiger partial charge in [0.1, 0.15) is 11.5 Å². The fourth-order valence-corrected chi connectivity index (χ4v) is 6.50. The van der Waals surface area contributed by atoms with E-state index in [2.05, 4.69) is 18.2 Å². The van der Waals surface area contributed by atoms with Gasteiger partial charge in [-0.2, -0.15) is 0 Å². The van der Waals surface area contributed by atoms with Gasteiger partial charge in [-0.15, -0.1) is 0 Å². The number of benzene rings is 3. The highest BCUT2D eigenvalue weighted by molar-refractivity contribution is 7.07. The van der Waals surface area contributed by atoms with Crippen molar-refractivity contribution < 1.29 is 18.9 Å². The van der Waals surface area contributed by atoms with E-state index in [-0.39, 0.29) is 11.6 Å². The van der Waals surface area contributed by atoms with Gasteiger partial charge in [0.25, 0.3) is 5.56 Å². The molecule has 7 nitrogen and oxygen atoms in total. The third-order valence-electron chi connectivity index (χ3n) is 7.33. The second-order valence-electron chi connectivity index (χ2n) is 9.30. The molecule has 0 N–H and O–H groups in total. The Morgan fingerprint density at radius 2 is 1.72 bits per heavy atom. The zero-order valence-corrected chi connectivity index (χ0v) is 23.0. The highest BCUT2D eigenvalue weighted by Gasteiger charge is 2.34. The summed E-state index contributed by atoms with van der Waals surface area (Å²) in [5, 5.41) is 0. The van der Waals surface area contributed by atoms with E-state index in [4.69, 9.17) is 23.9 Å². The lowest BCUT2D eigenvalue weighted by atomic mass is 9.83. The Morgan fingerprint density at radius 1 is 0.897 bits per heavy atom. The first-order chi connectivity index (χ1) is 19.1. The lowest BCUT2D eigenvalue weighted by molar-refractivity contribution is 0.348. The Morgan fingerprint density at radius 3 is 2.49 bits per heavy atom. The molecule has 3 aromatic carbocycles. The van der Waals surface area contributed by atoms with Crippen LogP contribution in [-0.2, 0) is 6.42 Å². The van der Waals surface area contributed by atoms with Crippen molar-refractivity contribution in [3.8, 4) is 23.0 Å². The molecule has 1 aromatic heterocycles. The number of para-hydroxylation sites is 1. The van der Waals surface area contributed by atoms with Crippen molar-refractivity contribution in [1.82, 2.24) is 4.57 Å². The SMILES string of the molecule is COc1ccc(C=c2sc3n(c2=O)C(c2cccc(OC)c2OC)C2=C(N=3)c3ccccc3CC2)c(OC)c1. The molecule has 0 bridgehead atoms. The largest absolute Gasteiger partial charge is 0.497 e. The minimum atomic E-state index is -0.380. The van der Waals surface area contributed by atoms with Crippen LogP contribution in [0.25, 0.3) is 11.8 Å². The van der Waals surface area contributed by atoms with E-state index in [9.17, 15) is 4.79 Å². The number of hydrogen-bond donors (Lipinski definition) is 0. The van der Waals surface area contributed by atoms with E-state index in [1.807, 2.05) is 48.5 Å². The van der Waals surface area contributed by atoms with Crippen molar-refractivity contribution in [2.75, 3.05) is 28.4 Å². The van der Waals surface area contributed by atoms with E-state index < -0.39 is 0 Å². The average Bonchev–Trinajstić information content (AvgIpc) is 3.29. The molecule has 1 aliphatic carbocycles. The second kappa shape index (κ2) is 10.1. The van der Waals surface area contributed by atoms with Crippen LogP contribution in [0, 0.1) is 0 Å². The number of methoxy groups -OCH3 is 4. The van der Waals surface area contributed by atoms with Crippen molar-refractivity contribution in [1.29, 1.82) is 0 Å².